The van der Waals surface area contributed by atoms with Crippen LogP contribution in [0.2, 0.25) is 5.02 Å². The average Bonchev–Trinajstić information content (AvgIpc) is 2.59. The molecular formula is C17H14Cl2F4N2O3. The molecule has 0 amide bonds. The molecule has 0 bridgehead atoms. The third kappa shape index (κ3) is 4.64. The van der Waals surface area contributed by atoms with E-state index in [0.717, 1.165) is 19.1 Å². The smallest absolute Gasteiger partial charge is 0.418 e. The number of esters is 1. The molecule has 5 nitrogen and oxygen atoms in total. The summed E-state index contributed by atoms with van der Waals surface area (Å²) in [4.78, 5) is 24.0. The van der Waals surface area contributed by atoms with Gasteiger partial charge in [0, 0.05) is 17.0 Å². The van der Waals surface area contributed by atoms with Gasteiger partial charge in [-0.25, -0.2) is 4.39 Å². The fraction of sp³-hybridized carbons (Fsp3) is 0.353. The summed E-state index contributed by atoms with van der Waals surface area (Å²) in [6.07, 6.45) is -4.49. The highest BCUT2D eigenvalue weighted by molar-refractivity contribution is 6.32. The van der Waals surface area contributed by atoms with Gasteiger partial charge in [0.1, 0.15) is 11.1 Å². The van der Waals surface area contributed by atoms with Crippen molar-refractivity contribution in [2.75, 3.05) is 6.61 Å². The number of hydrogen-bond acceptors (Lipinski definition) is 4. The molecule has 1 aromatic heterocycles. The second-order valence-electron chi connectivity index (χ2n) is 5.72. The van der Waals surface area contributed by atoms with Gasteiger partial charge in [0.25, 0.3) is 5.56 Å². The van der Waals surface area contributed by atoms with Gasteiger partial charge >= 0.3 is 12.1 Å². The molecule has 0 spiro atoms. The normalized spacial score (nSPS) is 12.7. The van der Waals surface area contributed by atoms with Crippen LogP contribution >= 0.6 is 23.2 Å². The van der Waals surface area contributed by atoms with E-state index >= 15 is 0 Å². The van der Waals surface area contributed by atoms with Crippen LogP contribution in [0.4, 0.5) is 17.6 Å². The topological polar surface area (TPSA) is 61.2 Å². The van der Waals surface area contributed by atoms with E-state index in [-0.39, 0.29) is 23.6 Å². The summed E-state index contributed by atoms with van der Waals surface area (Å²) >= 11 is 11.9. The number of hydrogen-bond donors (Lipinski definition) is 0. The summed E-state index contributed by atoms with van der Waals surface area (Å²) in [5.41, 5.74) is -3.23. The Morgan fingerprint density at radius 1 is 1.36 bits per heavy atom. The van der Waals surface area contributed by atoms with E-state index in [1.807, 2.05) is 0 Å². The number of carbonyl (C=O) groups excluding carboxylic acids is 1. The Balaban J connectivity index is 2.52. The maximum absolute atomic E-state index is 14.3. The molecule has 1 heterocycles. The Labute approximate surface area is 166 Å². The lowest BCUT2D eigenvalue weighted by Gasteiger charge is -2.15. The van der Waals surface area contributed by atoms with E-state index in [1.165, 1.54) is 0 Å². The molecule has 152 valence electrons. The van der Waals surface area contributed by atoms with Crippen LogP contribution < -0.4 is 5.56 Å². The van der Waals surface area contributed by atoms with Crippen molar-refractivity contribution in [1.82, 2.24) is 9.78 Å². The van der Waals surface area contributed by atoms with Gasteiger partial charge in [-0.05, 0) is 31.5 Å². The molecule has 0 N–H and O–H groups in total. The van der Waals surface area contributed by atoms with Gasteiger partial charge in [0.05, 0.1) is 18.4 Å². The summed E-state index contributed by atoms with van der Waals surface area (Å²) in [5, 5.41) is 2.22. The van der Waals surface area contributed by atoms with Crippen molar-refractivity contribution in [3.05, 3.63) is 56.2 Å². The molecule has 0 fully saturated rings. The van der Waals surface area contributed by atoms with Gasteiger partial charge in [-0.3, -0.25) is 9.59 Å². The van der Waals surface area contributed by atoms with E-state index in [4.69, 9.17) is 27.9 Å². The van der Waals surface area contributed by atoms with Crippen LogP contribution in [0, 0.1) is 12.7 Å². The zero-order valence-corrected chi connectivity index (χ0v) is 16.1. The summed E-state index contributed by atoms with van der Waals surface area (Å²) < 4.78 is 58.3. The minimum atomic E-state index is -4.77. The van der Waals surface area contributed by atoms with Gasteiger partial charge in [0.15, 0.2) is 5.82 Å². The van der Waals surface area contributed by atoms with Crippen LogP contribution in [0.25, 0.3) is 5.69 Å². The molecule has 2 rings (SSSR count). The van der Waals surface area contributed by atoms with E-state index in [2.05, 4.69) is 5.10 Å². The molecule has 0 saturated carbocycles. The van der Waals surface area contributed by atoms with Crippen LogP contribution in [0.1, 0.15) is 23.6 Å². The van der Waals surface area contributed by atoms with Crippen LogP contribution in [0.3, 0.4) is 0 Å². The molecule has 1 unspecified atom stereocenters. The number of rotatable bonds is 5. The quantitative estimate of drug-likeness (QED) is 0.399. The monoisotopic (exact) mass is 440 g/mol. The second kappa shape index (κ2) is 8.48. The van der Waals surface area contributed by atoms with Crippen molar-refractivity contribution >= 4 is 29.2 Å². The van der Waals surface area contributed by atoms with Crippen molar-refractivity contribution in [2.45, 2.75) is 31.8 Å². The molecule has 1 atom stereocenters. The molecular weight excluding hydrogens is 427 g/mol. The molecule has 2 aromatic rings. The Kier molecular flexibility index (Phi) is 6.71. The van der Waals surface area contributed by atoms with Crippen LogP contribution in [0.5, 0.6) is 0 Å². The Bertz CT molecular complexity index is 961. The van der Waals surface area contributed by atoms with Gasteiger partial charge < -0.3 is 4.74 Å². The Morgan fingerprint density at radius 2 is 2.00 bits per heavy atom. The summed E-state index contributed by atoms with van der Waals surface area (Å²) in [6.45, 7) is 2.66. The first-order valence-electron chi connectivity index (χ1n) is 7.92. The fourth-order valence-corrected chi connectivity index (χ4v) is 2.86. The largest absolute Gasteiger partial charge is 0.465 e. The van der Waals surface area contributed by atoms with Crippen LogP contribution in [-0.2, 0) is 22.1 Å². The van der Waals surface area contributed by atoms with Gasteiger partial charge in [-0.2, -0.15) is 23.0 Å². The van der Waals surface area contributed by atoms with Gasteiger partial charge in [-0.15, -0.1) is 11.6 Å². The SMILES string of the molecule is CCOC(=O)C(Cl)Cc1cc(-n2ncc(C(F)(F)F)c(C)c2=O)c(F)cc1Cl. The first-order chi connectivity index (χ1) is 13.0. The van der Waals surface area contributed by atoms with Crippen molar-refractivity contribution < 1.29 is 27.1 Å². The number of ether oxygens (including phenoxy) is 1. The predicted molar refractivity (Wildman–Crippen MR) is 94.5 cm³/mol. The van der Waals surface area contributed by atoms with Gasteiger partial charge in [-0.1, -0.05) is 11.6 Å². The number of carbonyl (C=O) groups is 1. The Morgan fingerprint density at radius 3 is 2.57 bits per heavy atom. The lowest BCUT2D eigenvalue weighted by atomic mass is 10.1. The highest BCUT2D eigenvalue weighted by Crippen LogP contribution is 2.30. The van der Waals surface area contributed by atoms with E-state index in [0.29, 0.717) is 10.9 Å². The third-order valence-corrected chi connectivity index (χ3v) is 4.49. The zero-order chi connectivity index (χ0) is 21.2. The van der Waals surface area contributed by atoms with Crippen LogP contribution in [0.15, 0.2) is 23.1 Å². The van der Waals surface area contributed by atoms with Crippen molar-refractivity contribution in [3.63, 3.8) is 0 Å². The van der Waals surface area contributed by atoms with Gasteiger partial charge in [0.2, 0.25) is 0 Å². The first kappa shape index (κ1) is 22.2. The fourth-order valence-electron chi connectivity index (χ4n) is 2.40. The summed E-state index contributed by atoms with van der Waals surface area (Å²) in [5.74, 6) is -1.70. The standard InChI is InChI=1S/C17H14Cl2F4N2O3/c1-3-28-16(27)12(19)4-9-5-14(13(20)6-11(9)18)25-15(26)8(2)10(7-24-25)17(21,22)23/h5-7,12H,3-4H2,1-2H3. The minimum Gasteiger partial charge on any atom is -0.465 e. The highest BCUT2D eigenvalue weighted by atomic mass is 35.5. The van der Waals surface area contributed by atoms with E-state index in [1.54, 1.807) is 6.92 Å². The maximum Gasteiger partial charge on any atom is 0.418 e. The number of alkyl halides is 4. The minimum absolute atomic E-state index is 0.0760. The molecule has 0 aliphatic carbocycles. The average molecular weight is 441 g/mol. The molecule has 0 radical (unpaired) electrons. The van der Waals surface area contributed by atoms with Crippen molar-refractivity contribution in [3.8, 4) is 5.69 Å². The lowest BCUT2D eigenvalue weighted by Crippen LogP contribution is -2.28. The molecule has 1 aromatic carbocycles. The third-order valence-electron chi connectivity index (χ3n) is 3.81. The number of halogens is 6. The van der Waals surface area contributed by atoms with E-state index in [9.17, 15) is 27.2 Å². The first-order valence-corrected chi connectivity index (χ1v) is 8.73. The molecule has 11 heteroatoms. The lowest BCUT2D eigenvalue weighted by molar-refractivity contribution is -0.142. The summed E-state index contributed by atoms with van der Waals surface area (Å²) in [7, 11) is 0. The predicted octanol–water partition coefficient (Wildman–Crippen LogP) is 4.07. The molecule has 0 aliphatic heterocycles. The van der Waals surface area contributed by atoms with Crippen molar-refractivity contribution in [1.29, 1.82) is 0 Å². The highest BCUT2D eigenvalue weighted by Gasteiger charge is 2.34. The number of aromatic nitrogens is 2. The Hall–Kier alpha value is -2.13. The molecule has 0 saturated heterocycles. The van der Waals surface area contributed by atoms with Crippen LogP contribution in [-0.4, -0.2) is 27.7 Å². The number of nitrogens with zero attached hydrogens (tertiary/aromatic N) is 2. The molecule has 28 heavy (non-hydrogen) atoms. The van der Waals surface area contributed by atoms with E-state index < -0.39 is 45.7 Å². The second-order valence-corrected chi connectivity index (χ2v) is 6.65. The number of benzene rings is 1. The summed E-state index contributed by atoms with van der Waals surface area (Å²) in [6, 6.07) is 1.97. The zero-order valence-electron chi connectivity index (χ0n) is 14.6. The maximum atomic E-state index is 14.3. The van der Waals surface area contributed by atoms with Crippen molar-refractivity contribution in [2.24, 2.45) is 0 Å². The molecule has 0 aliphatic rings.